The summed E-state index contributed by atoms with van der Waals surface area (Å²) in [6.45, 7) is 5.02. The number of fused-ring (bicyclic) bond motifs is 1. The van der Waals surface area contributed by atoms with Gasteiger partial charge in [-0.3, -0.25) is 9.36 Å². The van der Waals surface area contributed by atoms with E-state index in [9.17, 15) is 14.7 Å². The summed E-state index contributed by atoms with van der Waals surface area (Å²) in [4.78, 5) is 29.3. The monoisotopic (exact) mass is 362 g/mol. The molecule has 124 valence electrons. The third-order valence-electron chi connectivity index (χ3n) is 4.03. The van der Waals surface area contributed by atoms with E-state index in [-0.39, 0.29) is 5.56 Å². The quantitative estimate of drug-likeness (QED) is 0.763. The number of thiophene rings is 1. The van der Waals surface area contributed by atoms with Crippen LogP contribution in [0.25, 0.3) is 21.3 Å². The lowest BCUT2D eigenvalue weighted by atomic mass is 10.0. The average Bonchev–Trinajstić information content (AvgIpc) is 2.93. The van der Waals surface area contributed by atoms with Crippen molar-refractivity contribution in [3.05, 3.63) is 50.3 Å². The third kappa shape index (κ3) is 2.61. The predicted octanol–water partition coefficient (Wildman–Crippen LogP) is 4.04. The molecule has 0 radical (unpaired) electrons. The number of hydrogen-bond donors (Lipinski definition) is 1. The average molecular weight is 363 g/mol. The van der Waals surface area contributed by atoms with Gasteiger partial charge in [0.25, 0.3) is 5.56 Å². The van der Waals surface area contributed by atoms with Gasteiger partial charge in [0.1, 0.15) is 16.7 Å². The van der Waals surface area contributed by atoms with E-state index in [0.29, 0.717) is 21.1 Å². The van der Waals surface area contributed by atoms with E-state index >= 15 is 0 Å². The molecule has 0 bridgehead atoms. The van der Waals surface area contributed by atoms with E-state index in [1.807, 2.05) is 24.4 Å². The maximum atomic E-state index is 12.9. The van der Waals surface area contributed by atoms with Crippen LogP contribution in [0.3, 0.4) is 0 Å². The minimum absolute atomic E-state index is 0.337. The molecule has 1 unspecified atom stereocenters. The second-order valence-electron chi connectivity index (χ2n) is 5.64. The Balaban J connectivity index is 2.32. The van der Waals surface area contributed by atoms with E-state index in [0.717, 1.165) is 16.7 Å². The minimum atomic E-state index is -1.07. The fourth-order valence-electron chi connectivity index (χ4n) is 2.70. The number of aromatic nitrogens is 2. The second kappa shape index (κ2) is 6.03. The Morgan fingerprint density at radius 2 is 2.08 bits per heavy atom. The van der Waals surface area contributed by atoms with Crippen LogP contribution in [0.1, 0.15) is 24.4 Å². The number of hydrogen-bond acceptors (Lipinski definition) is 4. The highest BCUT2D eigenvalue weighted by atomic mass is 35.5. The normalized spacial score (nSPS) is 12.5. The summed E-state index contributed by atoms with van der Waals surface area (Å²) in [7, 11) is 0. The molecule has 3 rings (SSSR count). The lowest BCUT2D eigenvalue weighted by Gasteiger charge is -2.14. The molecule has 0 spiro atoms. The van der Waals surface area contributed by atoms with Crippen molar-refractivity contribution in [2.24, 2.45) is 0 Å². The number of halogens is 1. The molecule has 0 saturated carbocycles. The molecule has 1 N–H and O–H groups in total. The van der Waals surface area contributed by atoms with Crippen molar-refractivity contribution >= 4 is 39.1 Å². The molecule has 5 nitrogen and oxygen atoms in total. The molecular weight excluding hydrogens is 348 g/mol. The molecule has 0 saturated heterocycles. The molecule has 0 aliphatic rings. The molecule has 0 aliphatic carbocycles. The van der Waals surface area contributed by atoms with Gasteiger partial charge < -0.3 is 5.11 Å². The van der Waals surface area contributed by atoms with Crippen LogP contribution in [0, 0.1) is 13.8 Å². The highest BCUT2D eigenvalue weighted by Crippen LogP contribution is 2.33. The van der Waals surface area contributed by atoms with Gasteiger partial charge in [-0.1, -0.05) is 17.7 Å². The first-order valence-electron chi connectivity index (χ1n) is 7.31. The number of carboxylic acids is 1. The SMILES string of the molecule is Cc1cc(-c2csc3nc(C)n(C(C)C(=O)O)c(=O)c23)ccc1Cl. The van der Waals surface area contributed by atoms with Crippen LogP contribution < -0.4 is 5.56 Å². The molecule has 7 heteroatoms. The van der Waals surface area contributed by atoms with Gasteiger partial charge in [0.15, 0.2) is 0 Å². The van der Waals surface area contributed by atoms with Gasteiger partial charge in [-0.05, 0) is 44.0 Å². The van der Waals surface area contributed by atoms with Crippen LogP contribution in [0.5, 0.6) is 0 Å². The maximum Gasteiger partial charge on any atom is 0.326 e. The summed E-state index contributed by atoms with van der Waals surface area (Å²) in [5.41, 5.74) is 2.18. The van der Waals surface area contributed by atoms with Gasteiger partial charge in [-0.15, -0.1) is 11.3 Å². The van der Waals surface area contributed by atoms with Crippen molar-refractivity contribution in [1.82, 2.24) is 9.55 Å². The largest absolute Gasteiger partial charge is 0.480 e. The molecule has 0 fully saturated rings. The Labute approximate surface area is 147 Å². The molecule has 0 aliphatic heterocycles. The summed E-state index contributed by atoms with van der Waals surface area (Å²) >= 11 is 7.44. The Kier molecular flexibility index (Phi) is 4.19. The highest BCUT2D eigenvalue weighted by molar-refractivity contribution is 7.17. The number of nitrogens with zero attached hydrogens (tertiary/aromatic N) is 2. The second-order valence-corrected chi connectivity index (χ2v) is 6.91. The summed E-state index contributed by atoms with van der Waals surface area (Å²) in [6.07, 6.45) is 0. The number of carboxylic acid groups (broad SMARTS) is 1. The van der Waals surface area contributed by atoms with E-state index in [1.54, 1.807) is 13.0 Å². The topological polar surface area (TPSA) is 72.2 Å². The fourth-order valence-corrected chi connectivity index (χ4v) is 3.80. The van der Waals surface area contributed by atoms with Crippen LogP contribution in [0.4, 0.5) is 0 Å². The van der Waals surface area contributed by atoms with Crippen molar-refractivity contribution in [2.75, 3.05) is 0 Å². The fraction of sp³-hybridized carbons (Fsp3) is 0.235. The number of benzene rings is 1. The first kappa shape index (κ1) is 16.7. The predicted molar refractivity (Wildman–Crippen MR) is 96.1 cm³/mol. The van der Waals surface area contributed by atoms with E-state index < -0.39 is 12.0 Å². The molecule has 3 aromatic rings. The lowest BCUT2D eigenvalue weighted by Crippen LogP contribution is -2.30. The number of rotatable bonds is 3. The Bertz CT molecular complexity index is 1020. The minimum Gasteiger partial charge on any atom is -0.480 e. The first-order valence-corrected chi connectivity index (χ1v) is 8.56. The standard InChI is InChI=1S/C17H15ClN2O3S/c1-8-6-11(4-5-13(8)18)12-7-24-15-14(12)16(21)20(10(3)19-15)9(2)17(22)23/h4-7,9H,1-3H3,(H,22,23). The van der Waals surface area contributed by atoms with E-state index in [1.165, 1.54) is 22.8 Å². The summed E-state index contributed by atoms with van der Waals surface area (Å²) < 4.78 is 1.23. The molecule has 2 heterocycles. The van der Waals surface area contributed by atoms with Gasteiger partial charge in [-0.2, -0.15) is 0 Å². The van der Waals surface area contributed by atoms with Crippen LogP contribution in [-0.4, -0.2) is 20.6 Å². The molecule has 1 atom stereocenters. The first-order chi connectivity index (χ1) is 11.3. The molecule has 24 heavy (non-hydrogen) atoms. The lowest BCUT2D eigenvalue weighted by molar-refractivity contribution is -0.140. The van der Waals surface area contributed by atoms with Crippen LogP contribution >= 0.6 is 22.9 Å². The summed E-state index contributed by atoms with van der Waals surface area (Å²) in [6, 6.07) is 4.57. The van der Waals surface area contributed by atoms with Crippen LogP contribution in [-0.2, 0) is 4.79 Å². The van der Waals surface area contributed by atoms with Gasteiger partial charge in [0.05, 0.1) is 5.39 Å². The van der Waals surface area contributed by atoms with Crippen molar-refractivity contribution in [3.8, 4) is 11.1 Å². The zero-order valence-corrected chi connectivity index (χ0v) is 14.9. The van der Waals surface area contributed by atoms with Crippen LogP contribution in [0.2, 0.25) is 5.02 Å². The zero-order chi connectivity index (χ0) is 17.6. The molecule has 1 aromatic carbocycles. The van der Waals surface area contributed by atoms with Crippen molar-refractivity contribution < 1.29 is 9.90 Å². The Hall–Kier alpha value is -2.18. The van der Waals surface area contributed by atoms with Crippen LogP contribution in [0.15, 0.2) is 28.4 Å². The molecule has 2 aromatic heterocycles. The van der Waals surface area contributed by atoms with Gasteiger partial charge >= 0.3 is 5.97 Å². The Morgan fingerprint density at radius 3 is 2.71 bits per heavy atom. The number of carbonyl (C=O) groups is 1. The van der Waals surface area contributed by atoms with E-state index in [4.69, 9.17) is 11.6 Å². The highest BCUT2D eigenvalue weighted by Gasteiger charge is 2.22. The maximum absolute atomic E-state index is 12.9. The van der Waals surface area contributed by atoms with Crippen molar-refractivity contribution in [2.45, 2.75) is 26.8 Å². The smallest absolute Gasteiger partial charge is 0.326 e. The Morgan fingerprint density at radius 1 is 1.38 bits per heavy atom. The van der Waals surface area contributed by atoms with Gasteiger partial charge in [0.2, 0.25) is 0 Å². The van der Waals surface area contributed by atoms with Gasteiger partial charge in [-0.25, -0.2) is 9.78 Å². The van der Waals surface area contributed by atoms with Crippen molar-refractivity contribution in [1.29, 1.82) is 0 Å². The summed E-state index contributed by atoms with van der Waals surface area (Å²) in [5.74, 6) is -0.677. The zero-order valence-electron chi connectivity index (χ0n) is 13.3. The van der Waals surface area contributed by atoms with E-state index in [2.05, 4.69) is 4.98 Å². The number of aliphatic carboxylic acids is 1. The molecule has 0 amide bonds. The third-order valence-corrected chi connectivity index (χ3v) is 5.33. The number of aryl methyl sites for hydroxylation is 2. The van der Waals surface area contributed by atoms with Gasteiger partial charge in [0, 0.05) is 16.0 Å². The summed E-state index contributed by atoms with van der Waals surface area (Å²) in [5, 5.41) is 12.2. The van der Waals surface area contributed by atoms with Crippen molar-refractivity contribution in [3.63, 3.8) is 0 Å². The molecular formula is C17H15ClN2O3S.